The van der Waals surface area contributed by atoms with Gasteiger partial charge in [-0.25, -0.2) is 0 Å². The van der Waals surface area contributed by atoms with Crippen molar-refractivity contribution in [3.63, 3.8) is 0 Å². The number of piperidine rings is 1. The quantitative estimate of drug-likeness (QED) is 0.758. The predicted octanol–water partition coefficient (Wildman–Crippen LogP) is 4.09. The zero-order valence-electron chi connectivity index (χ0n) is 11.9. The highest BCUT2D eigenvalue weighted by Gasteiger charge is 2.31. The third-order valence-corrected chi connectivity index (χ3v) is 3.91. The lowest BCUT2D eigenvalue weighted by molar-refractivity contribution is -0.140. The van der Waals surface area contributed by atoms with E-state index in [9.17, 15) is 4.79 Å². The molecule has 1 aliphatic heterocycles. The Labute approximate surface area is 120 Å². The van der Waals surface area contributed by atoms with Gasteiger partial charge in [-0.1, -0.05) is 44.5 Å². The summed E-state index contributed by atoms with van der Waals surface area (Å²) in [7, 11) is 0. The number of nitrogens with zero attached hydrogens (tertiary/aromatic N) is 1. The Kier molecular flexibility index (Phi) is 4.19. The maximum atomic E-state index is 12.4. The van der Waals surface area contributed by atoms with E-state index in [1.807, 2.05) is 43.9 Å². The molecule has 1 aliphatic rings. The van der Waals surface area contributed by atoms with Crippen LogP contribution in [0.2, 0.25) is 5.02 Å². The molecule has 1 unspecified atom stereocenters. The Hall–Kier alpha value is -1.02. The van der Waals surface area contributed by atoms with Crippen molar-refractivity contribution in [3.05, 3.63) is 34.9 Å². The molecule has 19 heavy (non-hydrogen) atoms. The molecule has 1 heterocycles. The highest BCUT2D eigenvalue weighted by atomic mass is 35.5. The van der Waals surface area contributed by atoms with Crippen LogP contribution in [-0.4, -0.2) is 23.9 Å². The lowest BCUT2D eigenvalue weighted by atomic mass is 9.88. The molecule has 0 N–H and O–H groups in total. The van der Waals surface area contributed by atoms with Crippen LogP contribution in [0.1, 0.15) is 45.1 Å². The van der Waals surface area contributed by atoms with Gasteiger partial charge in [-0.3, -0.25) is 4.79 Å². The summed E-state index contributed by atoms with van der Waals surface area (Å²) in [4.78, 5) is 14.4. The summed E-state index contributed by atoms with van der Waals surface area (Å²) in [5.74, 6) is 0.665. The lowest BCUT2D eigenvalue weighted by Gasteiger charge is -2.36. The summed E-state index contributed by atoms with van der Waals surface area (Å²) in [6.07, 6.45) is 2.20. The van der Waals surface area contributed by atoms with Crippen LogP contribution in [0.4, 0.5) is 0 Å². The topological polar surface area (TPSA) is 20.3 Å². The zero-order valence-corrected chi connectivity index (χ0v) is 12.7. The summed E-state index contributed by atoms with van der Waals surface area (Å²) >= 11 is 6.06. The Morgan fingerprint density at radius 1 is 1.37 bits per heavy atom. The minimum atomic E-state index is -0.295. The molecular weight excluding hydrogens is 258 g/mol. The molecule has 0 aromatic heterocycles. The number of likely N-dealkylation sites (tertiary alicyclic amines) is 1. The average Bonchev–Trinajstić information content (AvgIpc) is 2.37. The lowest BCUT2D eigenvalue weighted by Crippen LogP contribution is -2.44. The fourth-order valence-corrected chi connectivity index (χ4v) is 2.87. The van der Waals surface area contributed by atoms with Crippen molar-refractivity contribution in [2.45, 2.75) is 39.5 Å². The third kappa shape index (κ3) is 3.50. The Morgan fingerprint density at radius 2 is 2.11 bits per heavy atom. The van der Waals surface area contributed by atoms with Crippen molar-refractivity contribution in [3.8, 4) is 0 Å². The first-order valence-electron chi connectivity index (χ1n) is 6.93. The fourth-order valence-electron chi connectivity index (χ4n) is 2.67. The number of hydrogen-bond donors (Lipinski definition) is 0. The number of halogens is 1. The number of amides is 1. The van der Waals surface area contributed by atoms with Crippen LogP contribution in [-0.2, 0) is 4.79 Å². The van der Waals surface area contributed by atoms with Crippen LogP contribution < -0.4 is 0 Å². The molecule has 0 bridgehead atoms. The Morgan fingerprint density at radius 3 is 2.74 bits per heavy atom. The van der Waals surface area contributed by atoms with Crippen molar-refractivity contribution in [2.75, 3.05) is 13.1 Å². The minimum Gasteiger partial charge on any atom is -0.342 e. The molecule has 0 spiro atoms. The van der Waals surface area contributed by atoms with Crippen molar-refractivity contribution in [1.29, 1.82) is 0 Å². The maximum absolute atomic E-state index is 12.4. The SMILES string of the molecule is CC(C)(C)C(=O)N1CCCC(c2cccc(Cl)c2)C1. The van der Waals surface area contributed by atoms with Crippen LogP contribution in [0.15, 0.2) is 24.3 Å². The normalized spacial score (nSPS) is 20.4. The van der Waals surface area contributed by atoms with E-state index < -0.39 is 0 Å². The van der Waals surface area contributed by atoms with Gasteiger partial charge >= 0.3 is 0 Å². The van der Waals surface area contributed by atoms with E-state index in [0.29, 0.717) is 5.92 Å². The first kappa shape index (κ1) is 14.4. The van der Waals surface area contributed by atoms with E-state index in [1.54, 1.807) is 0 Å². The van der Waals surface area contributed by atoms with Gasteiger partial charge in [-0.05, 0) is 30.5 Å². The number of carbonyl (C=O) groups is 1. The van der Waals surface area contributed by atoms with E-state index in [4.69, 9.17) is 11.6 Å². The van der Waals surface area contributed by atoms with E-state index in [1.165, 1.54) is 5.56 Å². The molecule has 3 heteroatoms. The van der Waals surface area contributed by atoms with E-state index in [2.05, 4.69) is 6.07 Å². The van der Waals surface area contributed by atoms with Crippen molar-refractivity contribution in [1.82, 2.24) is 4.90 Å². The van der Waals surface area contributed by atoms with Gasteiger partial charge in [0.05, 0.1) is 0 Å². The number of carbonyl (C=O) groups excluding carboxylic acids is 1. The Bertz CT molecular complexity index is 464. The molecular formula is C16H22ClNO. The molecule has 0 saturated carbocycles. The van der Waals surface area contributed by atoms with Gasteiger partial charge in [0.25, 0.3) is 0 Å². The molecule has 1 saturated heterocycles. The number of rotatable bonds is 1. The van der Waals surface area contributed by atoms with Crippen LogP contribution in [0.25, 0.3) is 0 Å². The first-order valence-corrected chi connectivity index (χ1v) is 7.30. The molecule has 1 atom stereocenters. The summed E-state index contributed by atoms with van der Waals surface area (Å²) in [6, 6.07) is 8.02. The standard InChI is InChI=1S/C16H22ClNO/c1-16(2,3)15(19)18-9-5-7-13(11-18)12-6-4-8-14(17)10-12/h4,6,8,10,13H,5,7,9,11H2,1-3H3. The Balaban J connectivity index is 2.11. The molecule has 1 amide bonds. The van der Waals surface area contributed by atoms with Gasteiger partial charge in [0.2, 0.25) is 5.91 Å². The third-order valence-electron chi connectivity index (χ3n) is 3.67. The monoisotopic (exact) mass is 279 g/mol. The van der Waals surface area contributed by atoms with Gasteiger partial charge in [-0.15, -0.1) is 0 Å². The highest BCUT2D eigenvalue weighted by Crippen LogP contribution is 2.30. The molecule has 2 nitrogen and oxygen atoms in total. The van der Waals surface area contributed by atoms with Gasteiger partial charge in [0.15, 0.2) is 0 Å². The smallest absolute Gasteiger partial charge is 0.227 e. The van der Waals surface area contributed by atoms with Crippen molar-refractivity contribution < 1.29 is 4.79 Å². The first-order chi connectivity index (χ1) is 8.88. The fraction of sp³-hybridized carbons (Fsp3) is 0.562. The van der Waals surface area contributed by atoms with Gasteiger partial charge in [-0.2, -0.15) is 0 Å². The van der Waals surface area contributed by atoms with Gasteiger partial charge < -0.3 is 4.90 Å². The van der Waals surface area contributed by atoms with Crippen LogP contribution >= 0.6 is 11.6 Å². The molecule has 1 fully saturated rings. The second kappa shape index (κ2) is 5.54. The summed E-state index contributed by atoms with van der Waals surface area (Å²) in [5.41, 5.74) is 0.954. The van der Waals surface area contributed by atoms with E-state index >= 15 is 0 Å². The van der Waals surface area contributed by atoms with Crippen LogP contribution in [0, 0.1) is 5.41 Å². The summed E-state index contributed by atoms with van der Waals surface area (Å²) in [6.45, 7) is 7.65. The minimum absolute atomic E-state index is 0.249. The van der Waals surface area contributed by atoms with Crippen molar-refractivity contribution in [2.24, 2.45) is 5.41 Å². The van der Waals surface area contributed by atoms with Gasteiger partial charge in [0, 0.05) is 29.4 Å². The highest BCUT2D eigenvalue weighted by molar-refractivity contribution is 6.30. The zero-order chi connectivity index (χ0) is 14.0. The van der Waals surface area contributed by atoms with E-state index in [-0.39, 0.29) is 11.3 Å². The molecule has 1 aromatic rings. The van der Waals surface area contributed by atoms with Crippen molar-refractivity contribution >= 4 is 17.5 Å². The van der Waals surface area contributed by atoms with Crippen LogP contribution in [0.5, 0.6) is 0 Å². The molecule has 0 radical (unpaired) electrons. The van der Waals surface area contributed by atoms with Gasteiger partial charge in [0.1, 0.15) is 0 Å². The second-order valence-corrected chi connectivity index (χ2v) is 6.83. The largest absolute Gasteiger partial charge is 0.342 e. The number of benzene rings is 1. The van der Waals surface area contributed by atoms with E-state index in [0.717, 1.165) is 31.0 Å². The predicted molar refractivity (Wildman–Crippen MR) is 79.5 cm³/mol. The molecule has 2 rings (SSSR count). The molecule has 1 aromatic carbocycles. The summed E-state index contributed by atoms with van der Waals surface area (Å²) < 4.78 is 0. The maximum Gasteiger partial charge on any atom is 0.227 e. The molecule has 104 valence electrons. The molecule has 0 aliphatic carbocycles. The summed E-state index contributed by atoms with van der Waals surface area (Å²) in [5, 5.41) is 0.775. The second-order valence-electron chi connectivity index (χ2n) is 6.40. The average molecular weight is 280 g/mol. The van der Waals surface area contributed by atoms with Crippen LogP contribution in [0.3, 0.4) is 0 Å². The number of hydrogen-bond acceptors (Lipinski definition) is 1.